The van der Waals surface area contributed by atoms with Gasteiger partial charge in [0.25, 0.3) is 5.91 Å². The molecule has 2 N–H and O–H groups in total. The summed E-state index contributed by atoms with van der Waals surface area (Å²) in [6, 6.07) is 9.72. The van der Waals surface area contributed by atoms with E-state index in [4.69, 9.17) is 9.47 Å². The van der Waals surface area contributed by atoms with Crippen LogP contribution in [0.4, 0.5) is 13.2 Å². The van der Waals surface area contributed by atoms with E-state index in [0.717, 1.165) is 5.56 Å². The number of cyclic esters (lactones) is 1. The molecular formula is C50H63F3N8O7. The van der Waals surface area contributed by atoms with E-state index in [-0.39, 0.29) is 50.3 Å². The number of aromatic nitrogens is 3. The van der Waals surface area contributed by atoms with Crippen molar-refractivity contribution in [1.82, 2.24) is 39.9 Å². The number of carbonyl (C=O) groups excluding carboxylic acids is 5. The maximum atomic E-state index is 14.7. The molecule has 6 bridgehead atoms. The maximum Gasteiger partial charge on any atom is 0.406 e. The number of hydrogen-bond donors (Lipinski definition) is 2. The van der Waals surface area contributed by atoms with E-state index in [1.54, 1.807) is 42.0 Å². The fraction of sp³-hybridized carbons (Fsp3) is 0.520. The van der Waals surface area contributed by atoms with E-state index in [9.17, 15) is 37.1 Å². The Labute approximate surface area is 394 Å². The summed E-state index contributed by atoms with van der Waals surface area (Å²) in [5.41, 5.74) is 6.75. The van der Waals surface area contributed by atoms with Gasteiger partial charge in [-0.2, -0.15) is 18.3 Å². The second-order valence-corrected chi connectivity index (χ2v) is 19.5. The van der Waals surface area contributed by atoms with E-state index < -0.39 is 66.1 Å². The molecule has 366 valence electrons. The SMILES string of the molecule is C=CC(=O)N1CC[C@H](C(=O)N(C)[C@H](C(=O)N[C@H]2Cc3cccc(c3)-c3ccc4c(c3)c(c(-c3cnn(C)c3[C@H](C)OC)n4CC(F)(F)F)CC(C)(C)COC(=O)[C@@H]3CCCN(N3)C2=O)C(C)C)C1. The average molecular weight is 945 g/mol. The number of esters is 1. The van der Waals surface area contributed by atoms with Crippen LogP contribution in [0.2, 0.25) is 0 Å². The van der Waals surface area contributed by atoms with Gasteiger partial charge in [-0.25, -0.2) is 5.43 Å². The Hall–Kier alpha value is -6.01. The highest BCUT2D eigenvalue weighted by Crippen LogP contribution is 2.43. The van der Waals surface area contributed by atoms with Crippen molar-refractivity contribution in [2.24, 2.45) is 24.3 Å². The number of nitrogens with zero attached hydrogens (tertiary/aromatic N) is 6. The van der Waals surface area contributed by atoms with Crippen molar-refractivity contribution in [3.63, 3.8) is 0 Å². The fourth-order valence-electron chi connectivity index (χ4n) is 10.1. The second kappa shape index (κ2) is 19.9. The number of aryl methyl sites for hydroxylation is 1. The Morgan fingerprint density at radius 2 is 1.82 bits per heavy atom. The highest BCUT2D eigenvalue weighted by Gasteiger charge is 2.41. The first kappa shape index (κ1) is 49.9. The number of hydrogen-bond acceptors (Lipinski definition) is 9. The van der Waals surface area contributed by atoms with E-state index in [0.29, 0.717) is 70.4 Å². The summed E-state index contributed by atoms with van der Waals surface area (Å²) in [6.07, 6.45) is -0.852. The molecule has 0 unspecified atom stereocenters. The molecule has 68 heavy (non-hydrogen) atoms. The Bertz CT molecular complexity index is 2580. The number of rotatable bonds is 10. The number of amides is 4. The molecule has 2 fully saturated rings. The Morgan fingerprint density at radius 1 is 1.09 bits per heavy atom. The molecule has 5 heterocycles. The van der Waals surface area contributed by atoms with Gasteiger partial charge in [-0.05, 0) is 79.0 Å². The number of likely N-dealkylation sites (tertiary alicyclic amines) is 1. The molecule has 2 aromatic heterocycles. The summed E-state index contributed by atoms with van der Waals surface area (Å²) in [4.78, 5) is 72.2. The van der Waals surface area contributed by atoms with E-state index in [1.807, 2.05) is 65.0 Å². The minimum Gasteiger partial charge on any atom is -0.464 e. The lowest BCUT2D eigenvalue weighted by molar-refractivity contribution is -0.155. The number of hydrazine groups is 1. The van der Waals surface area contributed by atoms with Gasteiger partial charge in [-0.15, -0.1) is 0 Å². The highest BCUT2D eigenvalue weighted by molar-refractivity contribution is 5.96. The Morgan fingerprint density at radius 3 is 2.51 bits per heavy atom. The molecule has 18 heteroatoms. The maximum absolute atomic E-state index is 14.7. The number of alkyl halides is 3. The van der Waals surface area contributed by atoms with Crippen molar-refractivity contribution >= 4 is 40.5 Å². The zero-order valence-corrected chi connectivity index (χ0v) is 40.1. The minimum atomic E-state index is -4.59. The molecule has 3 aliphatic rings. The smallest absolute Gasteiger partial charge is 0.406 e. The molecule has 0 saturated carbocycles. The summed E-state index contributed by atoms with van der Waals surface area (Å²) in [5, 5.41) is 9.39. The lowest BCUT2D eigenvalue weighted by Crippen LogP contribution is -2.62. The van der Waals surface area contributed by atoms with Gasteiger partial charge in [0.1, 0.15) is 24.7 Å². The van der Waals surface area contributed by atoms with Crippen LogP contribution >= 0.6 is 0 Å². The van der Waals surface area contributed by atoms with Crippen LogP contribution in [0.5, 0.6) is 0 Å². The number of methoxy groups -OCH3 is 1. The molecule has 4 amide bonds. The standard InChI is InChI=1S/C50H63F3N8O7/c1-10-41(62)59-20-18-34(26-59)46(64)57(7)42(29(2)3)45(63)55-39-22-31-13-11-14-32(21-31)33-16-17-40-35(23-33)36(24-49(5,6)28-68-48(66)38-15-12-19-61(56-38)47(39)65)44(60(40)27-50(51,52)53)37-25-54-58(8)43(37)30(4)67-9/h10-11,13-14,16-17,21,23,25,29-30,34,38-39,42,56H,1,12,15,18-20,22,24,26-28H2,2-9H3,(H,55,63)/t30-,34-,38-,39-,42-/m0/s1. The zero-order chi connectivity index (χ0) is 49.4. The third-order valence-electron chi connectivity index (χ3n) is 13.5. The van der Waals surface area contributed by atoms with Crippen LogP contribution in [0, 0.1) is 17.3 Å². The zero-order valence-electron chi connectivity index (χ0n) is 40.1. The first-order valence-electron chi connectivity index (χ1n) is 23.2. The van der Waals surface area contributed by atoms with Crippen molar-refractivity contribution in [3.8, 4) is 22.4 Å². The number of nitrogens with one attached hydrogen (secondary N) is 2. The lowest BCUT2D eigenvalue weighted by atomic mass is 9.84. The number of ether oxygens (including phenoxy) is 2. The van der Waals surface area contributed by atoms with Gasteiger partial charge in [0.15, 0.2) is 0 Å². The van der Waals surface area contributed by atoms with E-state index in [1.165, 1.54) is 27.7 Å². The monoisotopic (exact) mass is 944 g/mol. The molecule has 0 radical (unpaired) electrons. The molecule has 4 aromatic rings. The molecule has 3 aliphatic heterocycles. The van der Waals surface area contributed by atoms with Crippen molar-refractivity contribution in [2.75, 3.05) is 40.4 Å². The number of fused-ring (bicyclic) bond motifs is 6. The van der Waals surface area contributed by atoms with Gasteiger partial charge >= 0.3 is 12.1 Å². The largest absolute Gasteiger partial charge is 0.464 e. The van der Waals surface area contributed by atoms with E-state index in [2.05, 4.69) is 22.4 Å². The number of benzene rings is 2. The van der Waals surface area contributed by atoms with Gasteiger partial charge in [0.2, 0.25) is 17.7 Å². The fourth-order valence-corrected chi connectivity index (χ4v) is 10.1. The predicted octanol–water partition coefficient (Wildman–Crippen LogP) is 6.14. The quantitative estimate of drug-likeness (QED) is 0.141. The number of likely N-dealkylation sites (N-methyl/N-ethyl adjacent to an activating group) is 1. The van der Waals surface area contributed by atoms with Crippen LogP contribution in [-0.2, 0) is 59.9 Å². The topological polar surface area (TPSA) is 160 Å². The number of halogens is 3. The minimum absolute atomic E-state index is 0.0185. The second-order valence-electron chi connectivity index (χ2n) is 19.5. The van der Waals surface area contributed by atoms with Crippen LogP contribution < -0.4 is 10.7 Å². The van der Waals surface area contributed by atoms with Crippen LogP contribution in [0.25, 0.3) is 33.3 Å². The Kier molecular flexibility index (Phi) is 14.6. The normalized spacial score (nSPS) is 21.0. The summed E-state index contributed by atoms with van der Waals surface area (Å²) >= 11 is 0. The highest BCUT2D eigenvalue weighted by atomic mass is 19.4. The number of carbonyl (C=O) groups is 5. The summed E-state index contributed by atoms with van der Waals surface area (Å²) in [5.74, 6) is -3.09. The third kappa shape index (κ3) is 10.5. The first-order valence-corrected chi connectivity index (χ1v) is 23.2. The molecule has 7 rings (SSSR count). The molecule has 0 aliphatic carbocycles. The van der Waals surface area contributed by atoms with Crippen molar-refractivity contribution in [1.29, 1.82) is 0 Å². The van der Waals surface area contributed by atoms with Crippen molar-refractivity contribution in [3.05, 3.63) is 78.1 Å². The van der Waals surface area contributed by atoms with Gasteiger partial charge in [0.05, 0.1) is 36.2 Å². The van der Waals surface area contributed by atoms with Gasteiger partial charge in [0, 0.05) is 69.1 Å². The van der Waals surface area contributed by atoms with Crippen molar-refractivity contribution < 1.29 is 46.6 Å². The van der Waals surface area contributed by atoms with E-state index >= 15 is 0 Å². The lowest BCUT2D eigenvalue weighted by Gasteiger charge is -2.37. The molecular weight excluding hydrogens is 882 g/mol. The summed E-state index contributed by atoms with van der Waals surface area (Å²) < 4.78 is 58.7. The van der Waals surface area contributed by atoms with Crippen LogP contribution in [0.3, 0.4) is 0 Å². The molecule has 2 saturated heterocycles. The Balaban J connectivity index is 1.32. The predicted molar refractivity (Wildman–Crippen MR) is 249 cm³/mol. The first-order chi connectivity index (χ1) is 32.1. The van der Waals surface area contributed by atoms with Crippen LogP contribution in [-0.4, -0.2) is 123 Å². The third-order valence-corrected chi connectivity index (χ3v) is 13.5. The summed E-state index contributed by atoms with van der Waals surface area (Å²) in [6.45, 7) is 12.2. The van der Waals surface area contributed by atoms with Gasteiger partial charge in [-0.1, -0.05) is 64.6 Å². The van der Waals surface area contributed by atoms with Crippen LogP contribution in [0.15, 0.2) is 61.3 Å². The summed E-state index contributed by atoms with van der Waals surface area (Å²) in [7, 11) is 4.81. The molecule has 15 nitrogen and oxygen atoms in total. The average Bonchev–Trinajstić information content (AvgIpc) is 4.02. The molecule has 0 spiro atoms. The molecule has 2 aromatic carbocycles. The van der Waals surface area contributed by atoms with Crippen LogP contribution in [0.1, 0.15) is 76.8 Å². The molecule has 5 atom stereocenters. The van der Waals surface area contributed by atoms with Gasteiger partial charge in [-0.3, -0.25) is 33.7 Å². The van der Waals surface area contributed by atoms with Gasteiger partial charge < -0.3 is 29.2 Å². The van der Waals surface area contributed by atoms with Crippen molar-refractivity contribution in [2.45, 2.75) is 104 Å².